The van der Waals surface area contributed by atoms with E-state index in [-0.39, 0.29) is 28.9 Å². The number of aliphatic hydroxyl groups excluding tert-OH is 1. The molecule has 27 heteroatoms. The van der Waals surface area contributed by atoms with Gasteiger partial charge in [0, 0.05) is 54.9 Å². The highest BCUT2D eigenvalue weighted by Crippen LogP contribution is 2.42. The van der Waals surface area contributed by atoms with Crippen LogP contribution in [-0.2, 0) is 36.8 Å². The Bertz CT molecular complexity index is 2880. The van der Waals surface area contributed by atoms with E-state index >= 15 is 8.78 Å². The maximum Gasteiger partial charge on any atom is 0.407 e. The Morgan fingerprint density at radius 2 is 1.38 bits per heavy atom. The van der Waals surface area contributed by atoms with E-state index in [1.165, 1.54) is 42.7 Å². The van der Waals surface area contributed by atoms with Crippen LogP contribution in [0.5, 0.6) is 0 Å². The van der Waals surface area contributed by atoms with Gasteiger partial charge in [-0.25, -0.2) is 33.3 Å². The van der Waals surface area contributed by atoms with Gasteiger partial charge in [0.25, 0.3) is 5.91 Å². The molecule has 2 aromatic heterocycles. The number of carbonyl (C=O) groups excluding carboxylic acids is 4. The van der Waals surface area contributed by atoms with Crippen LogP contribution in [0.25, 0.3) is 11.3 Å². The van der Waals surface area contributed by atoms with E-state index in [0.717, 1.165) is 39.2 Å². The number of ether oxygens (including phenoxy) is 3. The van der Waals surface area contributed by atoms with Crippen molar-refractivity contribution in [1.29, 1.82) is 0 Å². The van der Waals surface area contributed by atoms with E-state index in [2.05, 4.69) is 53.7 Å². The fourth-order valence-corrected chi connectivity index (χ4v) is 8.02. The minimum atomic E-state index is -5.19. The van der Waals surface area contributed by atoms with Gasteiger partial charge in [-0.05, 0) is 104 Å². The number of aliphatic hydroxyl groups is 1. The van der Waals surface area contributed by atoms with Crippen molar-refractivity contribution in [2.45, 2.75) is 102 Å². The first-order chi connectivity index (χ1) is 36.9. The number of hydrogen-bond donors (Lipinski definition) is 5. The zero-order valence-electron chi connectivity index (χ0n) is 44.4. The zero-order chi connectivity index (χ0) is 58.4. The average Bonchev–Trinajstić information content (AvgIpc) is 4.22. The van der Waals surface area contributed by atoms with E-state index in [1.54, 1.807) is 15.8 Å². The lowest BCUT2D eigenvalue weighted by atomic mass is 9.82. The number of benzene rings is 2. The molecule has 1 aliphatic heterocycles. The van der Waals surface area contributed by atoms with Crippen molar-refractivity contribution >= 4 is 29.9 Å². The Hall–Kier alpha value is -7.57. The number of alkyl carbamates (subject to hydrolysis) is 2. The molecule has 2 aliphatic rings. The van der Waals surface area contributed by atoms with E-state index in [0.29, 0.717) is 68.8 Å². The molecule has 2 aromatic carbocycles. The molecule has 19 nitrogen and oxygen atoms in total. The summed E-state index contributed by atoms with van der Waals surface area (Å²) in [6.07, 6.45) is -9.47. The molecule has 2 unspecified atom stereocenters. The third-order valence-corrected chi connectivity index (χ3v) is 13.6. The average molecular weight is 1120 g/mol. The highest BCUT2D eigenvalue weighted by Gasteiger charge is 2.57. The number of methoxy groups -OCH3 is 2. The van der Waals surface area contributed by atoms with Gasteiger partial charge in [-0.2, -0.15) is 31.4 Å². The van der Waals surface area contributed by atoms with Crippen LogP contribution in [0.2, 0.25) is 0 Å². The smallest absolute Gasteiger partial charge is 0.407 e. The topological polar surface area (TPSA) is 218 Å². The first-order valence-electron chi connectivity index (χ1n) is 24.5. The highest BCUT2D eigenvalue weighted by molar-refractivity contribution is 5.87. The number of carbonyl (C=O) groups is 4. The zero-order valence-corrected chi connectivity index (χ0v) is 44.4. The molecule has 0 bridgehead atoms. The number of halogens is 8. The summed E-state index contributed by atoms with van der Waals surface area (Å²) in [5, 5.41) is 23.1. The van der Waals surface area contributed by atoms with E-state index in [1.807, 2.05) is 29.6 Å². The van der Waals surface area contributed by atoms with Gasteiger partial charge in [0.05, 0.1) is 60.5 Å². The molecule has 79 heavy (non-hydrogen) atoms. The number of likely N-dealkylation sites (N-methyl/N-ethyl adjacent to an activating group) is 1. The summed E-state index contributed by atoms with van der Waals surface area (Å²) in [6, 6.07) is 2.91. The summed E-state index contributed by atoms with van der Waals surface area (Å²) in [5.41, 5.74) is -3.43. The maximum atomic E-state index is 16.2. The molecule has 5 atom stereocenters. The summed E-state index contributed by atoms with van der Waals surface area (Å²) in [7, 11) is 5.48. The first-order valence-corrected chi connectivity index (χ1v) is 24.5. The van der Waals surface area contributed by atoms with Gasteiger partial charge in [-0.3, -0.25) is 24.6 Å². The molecule has 4 aromatic rings. The van der Waals surface area contributed by atoms with E-state index in [9.17, 15) is 50.6 Å². The van der Waals surface area contributed by atoms with Crippen molar-refractivity contribution in [1.82, 2.24) is 51.0 Å². The third-order valence-electron chi connectivity index (χ3n) is 13.6. The fourth-order valence-electron chi connectivity index (χ4n) is 8.02. The van der Waals surface area contributed by atoms with Gasteiger partial charge in [-0.15, -0.1) is 0 Å². The van der Waals surface area contributed by atoms with Gasteiger partial charge in [0.15, 0.2) is 5.88 Å². The molecule has 1 aliphatic carbocycles. The molecule has 0 radical (unpaired) electrons. The number of anilines is 1. The third kappa shape index (κ3) is 15.0. The van der Waals surface area contributed by atoms with Crippen LogP contribution in [-0.4, -0.2) is 149 Å². The number of aromatic nitrogens is 4. The minimum Gasteiger partial charge on any atom is -0.477 e. The SMILES string of the molecule is C=C1OCC(N(C)C)CN1c1ncc(C#Cc2ccc(C[C@H](NC(=O)C(NC(=O)OC)C(C)(C)C(F)(F)F)[C@@H](O)CN(Cc3c(F)cc(-c4ccn(C5CC5)n4)cc3F)NC(=O)[C@@H](NC(=O)OC)C(C)(C)C(F)(F)F)cc2)cn1. The molecule has 1 saturated heterocycles. The van der Waals surface area contributed by atoms with Crippen molar-refractivity contribution in [3.8, 4) is 23.1 Å². The van der Waals surface area contributed by atoms with Crippen LogP contribution in [0.3, 0.4) is 0 Å². The van der Waals surface area contributed by atoms with E-state index in [4.69, 9.17) is 4.74 Å². The lowest BCUT2D eigenvalue weighted by molar-refractivity contribution is -0.221. The van der Waals surface area contributed by atoms with Gasteiger partial charge in [-0.1, -0.05) is 24.0 Å². The molecule has 0 spiro atoms. The summed E-state index contributed by atoms with van der Waals surface area (Å²) >= 11 is 0. The van der Waals surface area contributed by atoms with Gasteiger partial charge < -0.3 is 40.2 Å². The highest BCUT2D eigenvalue weighted by atomic mass is 19.4. The second-order valence-electron chi connectivity index (χ2n) is 20.3. The lowest BCUT2D eigenvalue weighted by Gasteiger charge is -2.38. The van der Waals surface area contributed by atoms with Crippen LogP contribution in [0.4, 0.5) is 50.7 Å². The Morgan fingerprint density at radius 1 is 0.835 bits per heavy atom. The van der Waals surface area contributed by atoms with Crippen LogP contribution in [0.15, 0.2) is 73.5 Å². The van der Waals surface area contributed by atoms with Crippen molar-refractivity contribution in [3.63, 3.8) is 0 Å². The number of rotatable bonds is 19. The number of hydrazine groups is 1. The van der Waals surface area contributed by atoms with Gasteiger partial charge in [0.2, 0.25) is 11.9 Å². The molecule has 1 saturated carbocycles. The second-order valence-corrected chi connectivity index (χ2v) is 20.3. The van der Waals surface area contributed by atoms with E-state index < -0.39 is 108 Å². The van der Waals surface area contributed by atoms with Crippen molar-refractivity contribution < 1.29 is 73.6 Å². The molecule has 5 N–H and O–H groups in total. The Kier molecular flexibility index (Phi) is 18.9. The molecule has 2 fully saturated rings. The van der Waals surface area contributed by atoms with Crippen LogP contribution < -0.4 is 26.3 Å². The summed E-state index contributed by atoms with van der Waals surface area (Å²) in [5.74, 6) is 1.00. The Balaban J connectivity index is 1.34. The molecule has 4 amide bonds. The molecular formula is C52H61F8N11O8. The number of hydrogen-bond acceptors (Lipinski definition) is 14. The first kappa shape index (κ1) is 60.7. The predicted molar refractivity (Wildman–Crippen MR) is 269 cm³/mol. The fraction of sp³-hybridized carbons (Fsp3) is 0.481. The largest absolute Gasteiger partial charge is 0.477 e. The minimum absolute atomic E-state index is 0.00277. The van der Waals surface area contributed by atoms with Crippen molar-refractivity contribution in [3.05, 3.63) is 107 Å². The maximum absolute atomic E-state index is 16.2. The number of alkyl halides is 6. The van der Waals surface area contributed by atoms with Crippen LogP contribution in [0, 0.1) is 34.3 Å². The van der Waals surface area contributed by atoms with Crippen molar-refractivity contribution in [2.24, 2.45) is 10.8 Å². The van der Waals surface area contributed by atoms with Gasteiger partial charge in [0.1, 0.15) is 30.3 Å². The van der Waals surface area contributed by atoms with Crippen molar-refractivity contribution in [2.75, 3.05) is 52.9 Å². The van der Waals surface area contributed by atoms with Crippen LogP contribution in [0.1, 0.15) is 68.8 Å². The molecule has 3 heterocycles. The Morgan fingerprint density at radius 3 is 1.90 bits per heavy atom. The van der Waals surface area contributed by atoms with Gasteiger partial charge >= 0.3 is 24.5 Å². The summed E-state index contributed by atoms with van der Waals surface area (Å²) in [4.78, 5) is 65.5. The lowest BCUT2D eigenvalue weighted by Crippen LogP contribution is -2.63. The normalized spacial score (nSPS) is 16.7. The summed E-state index contributed by atoms with van der Waals surface area (Å²) in [6.45, 7) is 5.21. The summed E-state index contributed by atoms with van der Waals surface area (Å²) < 4.78 is 136. The second kappa shape index (κ2) is 24.6. The number of nitrogens with one attached hydrogen (secondary N) is 4. The molecular weight excluding hydrogens is 1060 g/mol. The predicted octanol–water partition coefficient (Wildman–Crippen LogP) is 6.14. The molecule has 6 rings (SSSR count). The Labute approximate surface area is 450 Å². The van der Waals surface area contributed by atoms with Crippen LogP contribution >= 0.6 is 0 Å². The number of nitrogens with zero attached hydrogens (tertiary/aromatic N) is 7. The quantitative estimate of drug-likeness (QED) is 0.0405. The number of amides is 4. The monoisotopic (exact) mass is 1120 g/mol. The standard InChI is InChI=1S/C52H61F8N11O8/c1-29-70(25-35(28-79-29)68(6)7)46-61-23-32(24-62-46)15-12-30-10-13-31(14-11-30)20-40(63-44(73)42(64-47(75)77-8)49(2,3)51(55,56)57)41(72)27-69(67-45(74)43(65-48(76)78-9)50(4,5)52(58,59)60)26-36-37(53)21-33(22-38(36)54)39-18-19-71(66-39)34-16-17-34/h10-11,13-14,18-19,21-24,34-35,40-43,72H,1,16-17,20,25-28H2,2-9H3,(H,63,73)(H,64,75)(H,65,76)(H,67,74)/t35?,40-,41-,42?,43+/m0/s1. The molecule has 428 valence electrons.